The number of benzene rings is 2. The number of rotatable bonds is 8. The molecule has 2 aromatic carbocycles. The fourth-order valence-electron chi connectivity index (χ4n) is 2.38. The van der Waals surface area contributed by atoms with Crippen molar-refractivity contribution >= 4 is 62.9 Å². The Balaban J connectivity index is 1.74. The summed E-state index contributed by atoms with van der Waals surface area (Å²) in [6, 6.07) is 10.5. The Kier molecular flexibility index (Phi) is 7.82. The molecule has 6 nitrogen and oxygen atoms in total. The predicted molar refractivity (Wildman–Crippen MR) is 122 cm³/mol. The summed E-state index contributed by atoms with van der Waals surface area (Å²) >= 11 is 16.5. The summed E-state index contributed by atoms with van der Waals surface area (Å²) in [6.45, 7) is 2.20. The highest BCUT2D eigenvalue weighted by atomic mass is 79.9. The number of halogens is 3. The summed E-state index contributed by atoms with van der Waals surface area (Å²) in [5.41, 5.74) is 1.49. The highest BCUT2D eigenvalue weighted by molar-refractivity contribution is 9.10. The lowest BCUT2D eigenvalue weighted by Gasteiger charge is -2.10. The molecule has 3 aromatic rings. The molecule has 0 unspecified atom stereocenters. The van der Waals surface area contributed by atoms with Gasteiger partial charge in [0.2, 0.25) is 5.16 Å². The number of nitrogens with zero attached hydrogens (tertiary/aromatic N) is 2. The van der Waals surface area contributed by atoms with Crippen molar-refractivity contribution in [2.75, 3.05) is 0 Å². The molecule has 1 aromatic heterocycles. The summed E-state index contributed by atoms with van der Waals surface area (Å²) in [7, 11) is 0. The molecule has 0 spiro atoms. The number of H-pyrrole nitrogens is 1. The van der Waals surface area contributed by atoms with Crippen molar-refractivity contribution in [2.45, 2.75) is 25.1 Å². The lowest BCUT2D eigenvalue weighted by atomic mass is 10.2. The van der Waals surface area contributed by atoms with Gasteiger partial charge in [-0.25, -0.2) is 9.78 Å². The number of nitrogens with one attached hydrogen (secondary N) is 1. The van der Waals surface area contributed by atoms with E-state index >= 15 is 0 Å². The normalized spacial score (nSPS) is 11.5. The van der Waals surface area contributed by atoms with Crippen molar-refractivity contribution in [2.24, 2.45) is 0 Å². The molecule has 0 radical (unpaired) electrons. The minimum absolute atomic E-state index is 0.102. The van der Waals surface area contributed by atoms with Crippen LogP contribution in [0.25, 0.3) is 6.08 Å². The first kappa shape index (κ1) is 22.7. The van der Waals surface area contributed by atoms with Gasteiger partial charge in [-0.3, -0.25) is 5.10 Å². The Morgan fingerprint density at radius 3 is 2.73 bits per heavy atom. The van der Waals surface area contributed by atoms with E-state index in [1.54, 1.807) is 42.5 Å². The Morgan fingerprint density at radius 1 is 1.30 bits per heavy atom. The maximum atomic E-state index is 11.6. The SMILES string of the molecule is CCc1nc(S/C(=C\c2ccc(OCc3ccc(Cl)cc3Cl)c(Br)c2)C(=O)O)n[nH]1. The van der Waals surface area contributed by atoms with Gasteiger partial charge in [-0.2, -0.15) is 0 Å². The molecule has 30 heavy (non-hydrogen) atoms. The molecule has 10 heteroatoms. The van der Waals surface area contributed by atoms with Crippen LogP contribution in [0.15, 0.2) is 50.9 Å². The Hall–Kier alpha value is -2.00. The number of hydrogen-bond donors (Lipinski definition) is 2. The minimum Gasteiger partial charge on any atom is -0.488 e. The first-order valence-electron chi connectivity index (χ1n) is 8.76. The first-order valence-corrected chi connectivity index (χ1v) is 11.1. The third kappa shape index (κ3) is 6.01. The zero-order chi connectivity index (χ0) is 21.7. The number of carbonyl (C=O) groups is 1. The number of aromatic amines is 1. The highest BCUT2D eigenvalue weighted by Crippen LogP contribution is 2.31. The Labute approximate surface area is 195 Å². The van der Waals surface area contributed by atoms with E-state index in [1.807, 2.05) is 6.92 Å². The van der Waals surface area contributed by atoms with Crippen LogP contribution in [0, 0.1) is 0 Å². The van der Waals surface area contributed by atoms with Crippen LogP contribution in [0.1, 0.15) is 23.9 Å². The quantitative estimate of drug-likeness (QED) is 0.266. The van der Waals surface area contributed by atoms with Gasteiger partial charge < -0.3 is 9.84 Å². The standard InChI is InChI=1S/C20H16BrCl2N3O3S/c1-2-18-24-20(26-25-18)30-17(19(27)28)8-11-3-6-16(14(21)7-11)29-10-12-4-5-13(22)9-15(12)23/h3-9H,2,10H2,1H3,(H,27,28)(H,24,25,26)/b17-8-. The van der Waals surface area contributed by atoms with Crippen LogP contribution in [-0.2, 0) is 17.8 Å². The van der Waals surface area contributed by atoms with E-state index in [9.17, 15) is 9.90 Å². The van der Waals surface area contributed by atoms with Gasteiger partial charge in [-0.1, -0.05) is 42.3 Å². The van der Waals surface area contributed by atoms with Crippen LogP contribution in [-0.4, -0.2) is 26.3 Å². The number of hydrogen-bond acceptors (Lipinski definition) is 5. The summed E-state index contributed by atoms with van der Waals surface area (Å²) in [5, 5.41) is 17.8. The molecular formula is C20H16BrCl2N3O3S. The summed E-state index contributed by atoms with van der Waals surface area (Å²) in [4.78, 5) is 16.0. The maximum absolute atomic E-state index is 11.6. The van der Waals surface area contributed by atoms with E-state index in [0.717, 1.165) is 17.3 Å². The third-order valence-corrected chi connectivity index (χ3v) is 5.99. The molecule has 0 aliphatic heterocycles. The fourth-order valence-corrected chi connectivity index (χ4v) is 4.08. The van der Waals surface area contributed by atoms with Crippen LogP contribution in [0.5, 0.6) is 5.75 Å². The number of aliphatic carboxylic acids is 1. The number of aryl methyl sites for hydroxylation is 1. The van der Waals surface area contributed by atoms with Gasteiger partial charge >= 0.3 is 5.97 Å². The lowest BCUT2D eigenvalue weighted by Crippen LogP contribution is -1.98. The molecule has 0 aliphatic rings. The molecule has 2 N–H and O–H groups in total. The molecule has 0 amide bonds. The van der Waals surface area contributed by atoms with Crippen LogP contribution in [0.4, 0.5) is 0 Å². The van der Waals surface area contributed by atoms with Crippen LogP contribution < -0.4 is 4.74 Å². The van der Waals surface area contributed by atoms with Crippen molar-refractivity contribution < 1.29 is 14.6 Å². The molecule has 0 saturated heterocycles. The smallest absolute Gasteiger partial charge is 0.342 e. The lowest BCUT2D eigenvalue weighted by molar-refractivity contribution is -0.131. The van der Waals surface area contributed by atoms with E-state index in [-0.39, 0.29) is 11.5 Å². The van der Waals surface area contributed by atoms with Crippen molar-refractivity contribution in [1.82, 2.24) is 15.2 Å². The van der Waals surface area contributed by atoms with E-state index < -0.39 is 5.97 Å². The minimum atomic E-state index is -1.06. The molecule has 156 valence electrons. The second-order valence-electron chi connectivity index (χ2n) is 6.05. The van der Waals surface area contributed by atoms with Gasteiger partial charge in [0.15, 0.2) is 0 Å². The Morgan fingerprint density at radius 2 is 2.10 bits per heavy atom. The number of ether oxygens (including phenoxy) is 1. The fraction of sp³-hybridized carbons (Fsp3) is 0.150. The van der Waals surface area contributed by atoms with E-state index in [0.29, 0.717) is 43.2 Å². The zero-order valence-corrected chi connectivity index (χ0v) is 19.6. The maximum Gasteiger partial charge on any atom is 0.342 e. The second-order valence-corrected chi connectivity index (χ2v) is 8.76. The van der Waals surface area contributed by atoms with Gasteiger partial charge in [0.1, 0.15) is 23.1 Å². The summed E-state index contributed by atoms with van der Waals surface area (Å²) in [6.07, 6.45) is 2.24. The van der Waals surface area contributed by atoms with Gasteiger partial charge in [0.05, 0.1) is 4.47 Å². The van der Waals surface area contributed by atoms with Gasteiger partial charge in [-0.05, 0) is 63.6 Å². The van der Waals surface area contributed by atoms with E-state index in [1.165, 1.54) is 0 Å². The van der Waals surface area contributed by atoms with Crippen molar-refractivity contribution in [3.63, 3.8) is 0 Å². The molecule has 0 aliphatic carbocycles. The molecule has 3 rings (SSSR count). The molecule has 0 saturated carbocycles. The van der Waals surface area contributed by atoms with Crippen LogP contribution >= 0.6 is 50.9 Å². The summed E-state index contributed by atoms with van der Waals surface area (Å²) in [5.74, 6) is 0.244. The number of thioether (sulfide) groups is 1. The average molecular weight is 529 g/mol. The molecule has 1 heterocycles. The van der Waals surface area contributed by atoms with E-state index in [4.69, 9.17) is 27.9 Å². The molecule has 0 bridgehead atoms. The molecule has 0 atom stereocenters. The van der Waals surface area contributed by atoms with E-state index in [2.05, 4.69) is 31.1 Å². The van der Waals surface area contributed by atoms with Crippen LogP contribution in [0.3, 0.4) is 0 Å². The third-order valence-electron chi connectivity index (χ3n) is 3.91. The monoisotopic (exact) mass is 527 g/mol. The van der Waals surface area contributed by atoms with Gasteiger partial charge in [-0.15, -0.1) is 5.10 Å². The number of carboxylic acids is 1. The second kappa shape index (κ2) is 10.3. The van der Waals surface area contributed by atoms with Crippen molar-refractivity contribution in [1.29, 1.82) is 0 Å². The molecule has 0 fully saturated rings. The Bertz CT molecular complexity index is 1100. The average Bonchev–Trinajstić information content (AvgIpc) is 3.15. The summed E-state index contributed by atoms with van der Waals surface area (Å²) < 4.78 is 6.50. The highest BCUT2D eigenvalue weighted by Gasteiger charge is 2.14. The van der Waals surface area contributed by atoms with Gasteiger partial charge in [0, 0.05) is 22.0 Å². The van der Waals surface area contributed by atoms with Crippen molar-refractivity contribution in [3.05, 3.63) is 72.8 Å². The number of aromatic nitrogens is 3. The largest absolute Gasteiger partial charge is 0.488 e. The predicted octanol–water partition coefficient (Wildman–Crippen LogP) is 6.23. The topological polar surface area (TPSA) is 88.1 Å². The van der Waals surface area contributed by atoms with Crippen LogP contribution in [0.2, 0.25) is 10.0 Å². The van der Waals surface area contributed by atoms with Gasteiger partial charge in [0.25, 0.3) is 0 Å². The first-order chi connectivity index (χ1) is 14.4. The number of carboxylic acid groups (broad SMARTS) is 1. The van der Waals surface area contributed by atoms with Crippen molar-refractivity contribution in [3.8, 4) is 5.75 Å². The zero-order valence-electron chi connectivity index (χ0n) is 15.7. The molecular weight excluding hydrogens is 513 g/mol.